The number of pyridine rings is 1. The molecular weight excluding hydrogens is 466 g/mol. The van der Waals surface area contributed by atoms with Crippen molar-refractivity contribution in [2.75, 3.05) is 46.4 Å². The summed E-state index contributed by atoms with van der Waals surface area (Å²) >= 11 is 0. The average Bonchev–Trinajstić information content (AvgIpc) is 2.85. The van der Waals surface area contributed by atoms with E-state index in [1.54, 1.807) is 12.3 Å². The van der Waals surface area contributed by atoms with Crippen molar-refractivity contribution in [2.24, 2.45) is 0 Å². The third-order valence-corrected chi connectivity index (χ3v) is 6.39. The van der Waals surface area contributed by atoms with E-state index in [1.807, 2.05) is 30.3 Å². The third-order valence-electron chi connectivity index (χ3n) is 5.91. The average molecular weight is 497 g/mol. The largest absolute Gasteiger partial charge is 0.492 e. The van der Waals surface area contributed by atoms with Crippen LogP contribution in [0.4, 0.5) is 4.39 Å². The number of nitrogens with one attached hydrogen (secondary N) is 1. The molecule has 1 unspecified atom stereocenters. The van der Waals surface area contributed by atoms with Crippen LogP contribution in [-0.2, 0) is 17.8 Å². The maximum atomic E-state index is 13.0. The van der Waals surface area contributed by atoms with Gasteiger partial charge in [0.2, 0.25) is 5.91 Å². The summed E-state index contributed by atoms with van der Waals surface area (Å²) in [6, 6.07) is 11.3. The molecule has 0 bridgehead atoms. The lowest BCUT2D eigenvalue weighted by Gasteiger charge is -2.32. The first-order valence-electron chi connectivity index (χ1n) is 11.6. The fraction of sp³-hybridized carbons (Fsp3) is 0.360. The summed E-state index contributed by atoms with van der Waals surface area (Å²) in [6.07, 6.45) is 2.38. The Balaban J connectivity index is 1.26. The highest BCUT2D eigenvalue weighted by molar-refractivity contribution is 7.28. The second-order valence-electron chi connectivity index (χ2n) is 8.56. The number of ether oxygens (including phenoxy) is 1. The number of nitrogens with zero attached hydrogens (tertiary/aromatic N) is 5. The third kappa shape index (κ3) is 7.49. The van der Waals surface area contributed by atoms with Gasteiger partial charge in [0, 0.05) is 50.7 Å². The Kier molecular flexibility index (Phi) is 8.69. The molecule has 3 aromatic rings. The number of rotatable bonds is 9. The molecule has 1 aliphatic rings. The van der Waals surface area contributed by atoms with E-state index < -0.39 is 6.08 Å². The molecule has 3 heterocycles. The molecule has 2 aromatic heterocycles. The number of likely N-dealkylation sites (N-methyl/N-ethyl adjacent to an activating group) is 1. The van der Waals surface area contributed by atoms with Gasteiger partial charge in [-0.2, -0.15) is 4.39 Å². The Labute approximate surface area is 207 Å². The lowest BCUT2D eigenvalue weighted by atomic mass is 10.1. The molecule has 1 atom stereocenters. The van der Waals surface area contributed by atoms with Crippen molar-refractivity contribution in [2.45, 2.75) is 13.0 Å². The maximum Gasteiger partial charge on any atom is 0.308 e. The summed E-state index contributed by atoms with van der Waals surface area (Å²) in [5, 5.41) is 3.73. The van der Waals surface area contributed by atoms with E-state index in [0.717, 1.165) is 60.6 Å². The first-order chi connectivity index (χ1) is 17.0. The van der Waals surface area contributed by atoms with Crippen molar-refractivity contribution >= 4 is 20.5 Å². The standard InChI is InChI=1S/C25H30FN6O2P/c1-31-8-10-32(11-9-31)12-13-34-20-3-4-21(23(35)15-20)22-5-2-18(16-28-22)14-24(33)29-17-19-6-7-27-25(26)30-19/h2-7,15-16H,8-14,17,35H2,1H3,(H,29,33). The highest BCUT2D eigenvalue weighted by Crippen LogP contribution is 2.21. The first-order valence-corrected chi connectivity index (χ1v) is 12.2. The zero-order chi connectivity index (χ0) is 24.6. The van der Waals surface area contributed by atoms with Crippen LogP contribution < -0.4 is 15.4 Å². The van der Waals surface area contributed by atoms with Crippen LogP contribution in [0, 0.1) is 6.08 Å². The predicted octanol–water partition coefficient (Wildman–Crippen LogP) is 1.66. The summed E-state index contributed by atoms with van der Waals surface area (Å²) in [7, 11) is 4.90. The minimum absolute atomic E-state index is 0.143. The second-order valence-corrected chi connectivity index (χ2v) is 9.19. The Bertz CT molecular complexity index is 1140. The Morgan fingerprint density at radius 1 is 1.14 bits per heavy atom. The van der Waals surface area contributed by atoms with E-state index >= 15 is 0 Å². The number of aromatic nitrogens is 3. The fourth-order valence-electron chi connectivity index (χ4n) is 3.82. The SMILES string of the molecule is CN1CCN(CCOc2ccc(-c3ccc(CC(=O)NCc4ccnc(F)n4)cn3)c(P)c2)CC1. The van der Waals surface area contributed by atoms with Crippen LogP contribution in [0.1, 0.15) is 11.3 Å². The topological polar surface area (TPSA) is 83.5 Å². The van der Waals surface area contributed by atoms with Crippen LogP contribution in [-0.4, -0.2) is 77.0 Å². The van der Waals surface area contributed by atoms with Gasteiger partial charge in [-0.25, -0.2) is 9.97 Å². The van der Waals surface area contributed by atoms with Crippen molar-refractivity contribution < 1.29 is 13.9 Å². The molecule has 10 heteroatoms. The van der Waals surface area contributed by atoms with Gasteiger partial charge in [0.05, 0.1) is 24.4 Å². The van der Waals surface area contributed by atoms with Gasteiger partial charge >= 0.3 is 6.08 Å². The molecule has 0 aliphatic carbocycles. The maximum absolute atomic E-state index is 13.0. The fourth-order valence-corrected chi connectivity index (χ4v) is 4.23. The van der Waals surface area contributed by atoms with Gasteiger partial charge in [-0.1, -0.05) is 6.07 Å². The number of hydrogen-bond donors (Lipinski definition) is 1. The van der Waals surface area contributed by atoms with Crippen LogP contribution in [0.3, 0.4) is 0 Å². The molecule has 1 N–H and O–H groups in total. The van der Waals surface area contributed by atoms with Gasteiger partial charge in [-0.15, -0.1) is 9.24 Å². The molecule has 1 aliphatic heterocycles. The zero-order valence-electron chi connectivity index (χ0n) is 19.8. The minimum Gasteiger partial charge on any atom is -0.492 e. The lowest BCUT2D eigenvalue weighted by Crippen LogP contribution is -2.45. The molecule has 1 fully saturated rings. The molecule has 184 valence electrons. The normalized spacial score (nSPS) is 14.6. The van der Waals surface area contributed by atoms with Crippen molar-refractivity contribution in [1.29, 1.82) is 0 Å². The van der Waals surface area contributed by atoms with Crippen LogP contribution in [0.5, 0.6) is 5.75 Å². The number of amides is 1. The van der Waals surface area contributed by atoms with Gasteiger partial charge < -0.3 is 15.0 Å². The Hall–Kier alpha value is -3.00. The monoisotopic (exact) mass is 496 g/mol. The molecule has 0 saturated carbocycles. The van der Waals surface area contributed by atoms with Crippen molar-refractivity contribution in [3.63, 3.8) is 0 Å². The van der Waals surface area contributed by atoms with Crippen LogP contribution in [0.2, 0.25) is 0 Å². The van der Waals surface area contributed by atoms with E-state index in [4.69, 9.17) is 4.74 Å². The number of carbonyl (C=O) groups excluding carboxylic acids is 1. The van der Waals surface area contributed by atoms with Gasteiger partial charge in [0.1, 0.15) is 12.4 Å². The molecule has 8 nitrogen and oxygen atoms in total. The van der Waals surface area contributed by atoms with E-state index in [2.05, 4.69) is 46.4 Å². The van der Waals surface area contributed by atoms with E-state index in [1.165, 1.54) is 6.20 Å². The Morgan fingerprint density at radius 3 is 2.69 bits per heavy atom. The molecule has 1 aromatic carbocycles. The smallest absolute Gasteiger partial charge is 0.308 e. The summed E-state index contributed by atoms with van der Waals surface area (Å²) in [6.45, 7) is 6.10. The zero-order valence-corrected chi connectivity index (χ0v) is 20.9. The predicted molar refractivity (Wildman–Crippen MR) is 136 cm³/mol. The number of piperazine rings is 1. The number of hydrogen-bond acceptors (Lipinski definition) is 7. The van der Waals surface area contributed by atoms with E-state index in [9.17, 15) is 9.18 Å². The molecule has 1 saturated heterocycles. The van der Waals surface area contributed by atoms with Crippen LogP contribution in [0.15, 0.2) is 48.8 Å². The highest BCUT2D eigenvalue weighted by Gasteiger charge is 2.13. The van der Waals surface area contributed by atoms with Crippen molar-refractivity contribution in [3.05, 3.63) is 66.1 Å². The van der Waals surface area contributed by atoms with Crippen LogP contribution >= 0.6 is 9.24 Å². The molecule has 0 radical (unpaired) electrons. The number of benzene rings is 1. The first kappa shape index (κ1) is 25.1. The van der Waals surface area contributed by atoms with Gasteiger partial charge in [-0.3, -0.25) is 14.7 Å². The van der Waals surface area contributed by atoms with E-state index in [0.29, 0.717) is 12.3 Å². The quantitative estimate of drug-likeness (QED) is 0.356. The molecule has 35 heavy (non-hydrogen) atoms. The summed E-state index contributed by atoms with van der Waals surface area (Å²) < 4.78 is 19.0. The molecule has 0 spiro atoms. The highest BCUT2D eigenvalue weighted by atomic mass is 31.0. The number of carbonyl (C=O) groups is 1. The number of halogens is 1. The summed E-state index contributed by atoms with van der Waals surface area (Å²) in [5.74, 6) is 0.646. The lowest BCUT2D eigenvalue weighted by molar-refractivity contribution is -0.120. The van der Waals surface area contributed by atoms with Crippen molar-refractivity contribution in [1.82, 2.24) is 30.1 Å². The minimum atomic E-state index is -0.810. The van der Waals surface area contributed by atoms with Crippen LogP contribution in [0.25, 0.3) is 11.3 Å². The van der Waals surface area contributed by atoms with Gasteiger partial charge in [-0.05, 0) is 48.2 Å². The second kappa shape index (κ2) is 12.1. The summed E-state index contributed by atoms with van der Waals surface area (Å²) in [5.41, 5.74) is 3.01. The van der Waals surface area contributed by atoms with E-state index in [-0.39, 0.29) is 18.9 Å². The summed E-state index contributed by atoms with van der Waals surface area (Å²) in [4.78, 5) is 28.6. The van der Waals surface area contributed by atoms with Gasteiger partial charge in [0.25, 0.3) is 0 Å². The molecular formula is C25H30FN6O2P. The Morgan fingerprint density at radius 2 is 1.97 bits per heavy atom. The molecule has 1 amide bonds. The van der Waals surface area contributed by atoms with Gasteiger partial charge in [0.15, 0.2) is 0 Å². The van der Waals surface area contributed by atoms with Crippen molar-refractivity contribution in [3.8, 4) is 17.0 Å². The molecule has 4 rings (SSSR count).